The van der Waals surface area contributed by atoms with E-state index in [4.69, 9.17) is 9.84 Å². The van der Waals surface area contributed by atoms with Crippen molar-refractivity contribution >= 4 is 29.3 Å². The van der Waals surface area contributed by atoms with Crippen molar-refractivity contribution in [3.05, 3.63) is 0 Å². The second-order valence-corrected chi connectivity index (χ2v) is 8.01. The van der Waals surface area contributed by atoms with Crippen LogP contribution in [0.15, 0.2) is 4.99 Å². The number of rotatable bonds is 20. The number of esters is 1. The number of unbranched alkanes of at least 4 members (excludes halogenated alkanes) is 11. The molecule has 0 saturated heterocycles. The molecule has 1 N–H and O–H groups in total. The summed E-state index contributed by atoms with van der Waals surface area (Å²) in [5, 5.41) is 9.05. The van der Waals surface area contributed by atoms with Gasteiger partial charge in [0.25, 0.3) is 0 Å². The maximum absolute atomic E-state index is 11.8. The molecule has 0 aromatic carbocycles. The average Bonchev–Trinajstić information content (AvgIpc) is 2.71. The third-order valence-corrected chi connectivity index (χ3v) is 5.05. The number of Topliss-reactive ketones (excluding diaryl/α,β-unsaturated/α-hetero) is 1. The summed E-state index contributed by atoms with van der Waals surface area (Å²) in [6.45, 7) is 3.68. The fourth-order valence-corrected chi connectivity index (χ4v) is 3.26. The fraction of sp³-hybridized carbons (Fsp3) is 0.792. The normalized spacial score (nSPS) is 11.4. The predicted molar refractivity (Wildman–Crippen MR) is 121 cm³/mol. The standard InChI is InChI=1S/C24H41NO6/c1-3-31-23(28)17-15-13-11-9-7-5-4-6-8-10-12-14-16-22(27)25-21(24(29)30)19-18-20(2)26/h3-19H2,1-2H3,(H,29,30). The zero-order chi connectivity index (χ0) is 23.3. The van der Waals surface area contributed by atoms with E-state index >= 15 is 0 Å². The SMILES string of the molecule is CCOC(=O)CCCCCCCCCCCCCCC(=O)N=C(CCC(C)=O)C(=O)O. The van der Waals surface area contributed by atoms with Gasteiger partial charge in [-0.15, -0.1) is 0 Å². The fourth-order valence-electron chi connectivity index (χ4n) is 3.26. The molecule has 178 valence electrons. The van der Waals surface area contributed by atoms with Crippen molar-refractivity contribution in [2.24, 2.45) is 4.99 Å². The highest BCUT2D eigenvalue weighted by atomic mass is 16.5. The van der Waals surface area contributed by atoms with E-state index in [0.717, 1.165) is 32.1 Å². The number of nitrogens with zero attached hydrogens (tertiary/aromatic N) is 1. The van der Waals surface area contributed by atoms with Gasteiger partial charge in [0.1, 0.15) is 11.5 Å². The highest BCUT2D eigenvalue weighted by Crippen LogP contribution is 2.13. The first-order valence-corrected chi connectivity index (χ1v) is 11.9. The zero-order valence-corrected chi connectivity index (χ0v) is 19.5. The Labute approximate surface area is 187 Å². The molecule has 0 aromatic heterocycles. The van der Waals surface area contributed by atoms with E-state index in [2.05, 4.69) is 4.99 Å². The largest absolute Gasteiger partial charge is 0.477 e. The number of carbonyl (C=O) groups excluding carboxylic acids is 3. The molecule has 7 nitrogen and oxygen atoms in total. The number of carboxylic acid groups (broad SMARTS) is 1. The molecule has 0 radical (unpaired) electrons. The van der Waals surface area contributed by atoms with E-state index in [1.807, 2.05) is 6.92 Å². The lowest BCUT2D eigenvalue weighted by atomic mass is 10.0. The van der Waals surface area contributed by atoms with Crippen molar-refractivity contribution in [3.8, 4) is 0 Å². The minimum absolute atomic E-state index is 0.00397. The number of hydrogen-bond donors (Lipinski definition) is 1. The average molecular weight is 440 g/mol. The molecule has 0 spiro atoms. The maximum Gasteiger partial charge on any atom is 0.350 e. The summed E-state index contributed by atoms with van der Waals surface area (Å²) in [5.74, 6) is -1.85. The maximum atomic E-state index is 11.8. The van der Waals surface area contributed by atoms with Gasteiger partial charge >= 0.3 is 11.9 Å². The van der Waals surface area contributed by atoms with Crippen LogP contribution in [0.2, 0.25) is 0 Å². The second-order valence-electron chi connectivity index (χ2n) is 8.01. The van der Waals surface area contributed by atoms with Crippen molar-refractivity contribution in [2.75, 3.05) is 6.61 Å². The highest BCUT2D eigenvalue weighted by Gasteiger charge is 2.12. The smallest absolute Gasteiger partial charge is 0.350 e. The van der Waals surface area contributed by atoms with Crippen LogP contribution in [0.5, 0.6) is 0 Å². The lowest BCUT2D eigenvalue weighted by molar-refractivity contribution is -0.143. The molecule has 1 amide bonds. The van der Waals surface area contributed by atoms with Crippen LogP contribution in [0.1, 0.15) is 117 Å². The molecular weight excluding hydrogens is 398 g/mol. The van der Waals surface area contributed by atoms with Gasteiger partial charge in [-0.2, -0.15) is 0 Å². The first kappa shape index (κ1) is 28.9. The van der Waals surface area contributed by atoms with Crippen molar-refractivity contribution < 1.29 is 29.0 Å². The van der Waals surface area contributed by atoms with E-state index in [1.165, 1.54) is 45.4 Å². The minimum Gasteiger partial charge on any atom is -0.477 e. The molecule has 0 aromatic rings. The van der Waals surface area contributed by atoms with E-state index in [0.29, 0.717) is 19.4 Å². The Morgan fingerprint density at radius 2 is 1.13 bits per heavy atom. The van der Waals surface area contributed by atoms with Gasteiger partial charge < -0.3 is 14.6 Å². The summed E-state index contributed by atoms with van der Waals surface area (Å²) in [6, 6.07) is 0. The van der Waals surface area contributed by atoms with E-state index in [1.54, 1.807) is 0 Å². The first-order valence-electron chi connectivity index (χ1n) is 11.9. The van der Waals surface area contributed by atoms with Gasteiger partial charge in [0.15, 0.2) is 0 Å². The summed E-state index contributed by atoms with van der Waals surface area (Å²) in [4.78, 5) is 48.7. The van der Waals surface area contributed by atoms with Gasteiger partial charge in [-0.1, -0.05) is 64.2 Å². The quantitative estimate of drug-likeness (QED) is 0.154. The molecule has 0 atom stereocenters. The van der Waals surface area contributed by atoms with Gasteiger partial charge in [0, 0.05) is 25.7 Å². The first-order chi connectivity index (χ1) is 14.9. The topological polar surface area (TPSA) is 110 Å². The Morgan fingerprint density at radius 1 is 0.677 bits per heavy atom. The lowest BCUT2D eigenvalue weighted by Crippen LogP contribution is -2.16. The summed E-state index contributed by atoms with van der Waals surface area (Å²) < 4.78 is 4.91. The number of carboxylic acids is 1. The predicted octanol–water partition coefficient (Wildman–Crippen LogP) is 5.43. The van der Waals surface area contributed by atoms with Crippen molar-refractivity contribution in [2.45, 2.75) is 117 Å². The van der Waals surface area contributed by atoms with Crippen LogP contribution < -0.4 is 0 Å². The molecular formula is C24H41NO6. The number of ketones is 1. The van der Waals surface area contributed by atoms with E-state index < -0.39 is 11.9 Å². The number of ether oxygens (including phenoxy) is 1. The zero-order valence-electron chi connectivity index (χ0n) is 19.5. The van der Waals surface area contributed by atoms with Crippen molar-refractivity contribution in [3.63, 3.8) is 0 Å². The van der Waals surface area contributed by atoms with Crippen molar-refractivity contribution in [1.82, 2.24) is 0 Å². The van der Waals surface area contributed by atoms with E-state index in [9.17, 15) is 19.2 Å². The number of carbonyl (C=O) groups is 4. The molecule has 0 aliphatic heterocycles. The van der Waals surface area contributed by atoms with Crippen LogP contribution in [0.3, 0.4) is 0 Å². The molecule has 7 heteroatoms. The summed E-state index contributed by atoms with van der Waals surface area (Å²) >= 11 is 0. The van der Waals surface area contributed by atoms with Crippen LogP contribution in [-0.2, 0) is 23.9 Å². The van der Waals surface area contributed by atoms with Crippen LogP contribution in [-0.4, -0.2) is 41.1 Å². The molecule has 0 aliphatic rings. The molecule has 0 heterocycles. The molecule has 0 unspecified atom stereocenters. The van der Waals surface area contributed by atoms with Crippen LogP contribution >= 0.6 is 0 Å². The van der Waals surface area contributed by atoms with E-state index in [-0.39, 0.29) is 36.7 Å². The summed E-state index contributed by atoms with van der Waals surface area (Å²) in [7, 11) is 0. The molecule has 0 rings (SSSR count). The van der Waals surface area contributed by atoms with Gasteiger partial charge in [0.2, 0.25) is 5.91 Å². The third kappa shape index (κ3) is 19.6. The Bertz CT molecular complexity index is 570. The lowest BCUT2D eigenvalue weighted by Gasteiger charge is -2.04. The summed E-state index contributed by atoms with van der Waals surface area (Å²) in [6.07, 6.45) is 14.1. The Balaban J connectivity index is 3.55. The number of aliphatic imine (C=N–C) groups is 1. The Hall–Kier alpha value is -2.05. The third-order valence-electron chi connectivity index (χ3n) is 5.05. The monoisotopic (exact) mass is 439 g/mol. The molecule has 0 bridgehead atoms. The minimum atomic E-state index is -1.23. The highest BCUT2D eigenvalue weighted by molar-refractivity contribution is 6.37. The van der Waals surface area contributed by atoms with Gasteiger partial charge in [-0.05, 0) is 26.7 Å². The van der Waals surface area contributed by atoms with Crippen LogP contribution in [0.4, 0.5) is 0 Å². The molecule has 31 heavy (non-hydrogen) atoms. The van der Waals surface area contributed by atoms with Gasteiger partial charge in [-0.3, -0.25) is 9.59 Å². The number of aliphatic carboxylic acids is 1. The Kier molecular flexibility index (Phi) is 18.6. The molecule has 0 saturated carbocycles. The van der Waals surface area contributed by atoms with Gasteiger partial charge in [-0.25, -0.2) is 9.79 Å². The Morgan fingerprint density at radius 3 is 1.55 bits per heavy atom. The second kappa shape index (κ2) is 19.9. The summed E-state index contributed by atoms with van der Waals surface area (Å²) in [5.41, 5.74) is -0.223. The van der Waals surface area contributed by atoms with Crippen molar-refractivity contribution in [1.29, 1.82) is 0 Å². The van der Waals surface area contributed by atoms with Gasteiger partial charge in [0.05, 0.1) is 6.61 Å². The van der Waals surface area contributed by atoms with Crippen LogP contribution in [0, 0.1) is 0 Å². The number of amides is 1. The number of hydrogen-bond acceptors (Lipinski definition) is 5. The van der Waals surface area contributed by atoms with Crippen LogP contribution in [0.25, 0.3) is 0 Å². The molecule has 0 fully saturated rings. The molecule has 0 aliphatic carbocycles.